The SMILES string of the molecule is O=C(O)CCCCCCCCC(=O)CCCCCCCCC(=O)O. The van der Waals surface area contributed by atoms with E-state index in [-0.39, 0.29) is 12.8 Å². The first-order valence-electron chi connectivity index (χ1n) is 9.47. The molecule has 5 heteroatoms. The highest BCUT2D eigenvalue weighted by Gasteiger charge is 2.02. The summed E-state index contributed by atoms with van der Waals surface area (Å²) in [6, 6.07) is 0. The van der Waals surface area contributed by atoms with Gasteiger partial charge in [0.05, 0.1) is 0 Å². The van der Waals surface area contributed by atoms with Crippen molar-refractivity contribution in [1.29, 1.82) is 0 Å². The highest BCUT2D eigenvalue weighted by molar-refractivity contribution is 5.78. The van der Waals surface area contributed by atoms with Crippen molar-refractivity contribution in [2.24, 2.45) is 0 Å². The van der Waals surface area contributed by atoms with Crippen molar-refractivity contribution in [3.05, 3.63) is 0 Å². The number of Topliss-reactive ketones (excluding diaryl/α,β-unsaturated/α-hetero) is 1. The van der Waals surface area contributed by atoms with Crippen LogP contribution in [0.5, 0.6) is 0 Å². The van der Waals surface area contributed by atoms with Gasteiger partial charge in [0.2, 0.25) is 0 Å². The fraction of sp³-hybridized carbons (Fsp3) is 0.842. The van der Waals surface area contributed by atoms with Gasteiger partial charge in [-0.3, -0.25) is 14.4 Å². The average Bonchev–Trinajstić information content (AvgIpc) is 2.51. The van der Waals surface area contributed by atoms with Crippen LogP contribution in [0.4, 0.5) is 0 Å². The number of carboxylic acid groups (broad SMARTS) is 2. The fourth-order valence-corrected chi connectivity index (χ4v) is 2.74. The van der Waals surface area contributed by atoms with Crippen LogP contribution in [0.15, 0.2) is 0 Å². The Labute approximate surface area is 145 Å². The van der Waals surface area contributed by atoms with Crippen LogP contribution in [-0.4, -0.2) is 27.9 Å². The number of carbonyl (C=O) groups is 3. The first-order chi connectivity index (χ1) is 11.5. The Balaban J connectivity index is 3.21. The summed E-state index contributed by atoms with van der Waals surface area (Å²) in [5, 5.41) is 17.0. The number of hydrogen-bond donors (Lipinski definition) is 2. The highest BCUT2D eigenvalue weighted by Crippen LogP contribution is 2.12. The predicted octanol–water partition coefficient (Wildman–Crippen LogP) is 4.97. The molecular weight excluding hydrogens is 308 g/mol. The Hall–Kier alpha value is -1.39. The number of aliphatic carboxylic acids is 2. The summed E-state index contributed by atoms with van der Waals surface area (Å²) in [6.45, 7) is 0. The minimum Gasteiger partial charge on any atom is -0.481 e. The molecule has 0 rings (SSSR count). The molecule has 5 nitrogen and oxygen atoms in total. The number of carbonyl (C=O) groups excluding carboxylic acids is 1. The Kier molecular flexibility index (Phi) is 15.5. The minimum atomic E-state index is -0.721. The van der Waals surface area contributed by atoms with Crippen molar-refractivity contribution in [3.63, 3.8) is 0 Å². The second-order valence-corrected chi connectivity index (χ2v) is 6.57. The van der Waals surface area contributed by atoms with Gasteiger partial charge in [0.25, 0.3) is 0 Å². The van der Waals surface area contributed by atoms with Gasteiger partial charge in [-0.05, 0) is 25.7 Å². The molecule has 0 fully saturated rings. The number of unbranched alkanes of at least 4 members (excludes halogenated alkanes) is 10. The summed E-state index contributed by atoms with van der Waals surface area (Å²) in [6.07, 6.45) is 13.6. The van der Waals surface area contributed by atoms with E-state index in [1.807, 2.05) is 0 Å². The lowest BCUT2D eigenvalue weighted by molar-refractivity contribution is -0.138. The third-order valence-corrected chi connectivity index (χ3v) is 4.19. The first kappa shape index (κ1) is 22.6. The summed E-state index contributed by atoms with van der Waals surface area (Å²) >= 11 is 0. The maximum absolute atomic E-state index is 11.7. The monoisotopic (exact) mass is 342 g/mol. The van der Waals surface area contributed by atoms with Crippen molar-refractivity contribution in [3.8, 4) is 0 Å². The third kappa shape index (κ3) is 18.7. The number of rotatable bonds is 18. The molecule has 24 heavy (non-hydrogen) atoms. The van der Waals surface area contributed by atoms with Gasteiger partial charge in [-0.15, -0.1) is 0 Å². The molecule has 0 radical (unpaired) electrons. The van der Waals surface area contributed by atoms with Crippen molar-refractivity contribution < 1.29 is 24.6 Å². The summed E-state index contributed by atoms with van der Waals surface area (Å²) in [5.41, 5.74) is 0. The van der Waals surface area contributed by atoms with Crippen LogP contribution < -0.4 is 0 Å². The summed E-state index contributed by atoms with van der Waals surface area (Å²) < 4.78 is 0. The van der Waals surface area contributed by atoms with Gasteiger partial charge in [-0.1, -0.05) is 51.4 Å². The first-order valence-corrected chi connectivity index (χ1v) is 9.47. The van der Waals surface area contributed by atoms with E-state index in [0.717, 1.165) is 77.0 Å². The normalized spacial score (nSPS) is 10.7. The molecule has 140 valence electrons. The fourth-order valence-electron chi connectivity index (χ4n) is 2.74. The van der Waals surface area contributed by atoms with E-state index < -0.39 is 11.9 Å². The van der Waals surface area contributed by atoms with E-state index in [0.29, 0.717) is 18.6 Å². The van der Waals surface area contributed by atoms with Crippen LogP contribution in [0.1, 0.15) is 103 Å². The second-order valence-electron chi connectivity index (χ2n) is 6.57. The molecule has 0 aromatic heterocycles. The van der Waals surface area contributed by atoms with Gasteiger partial charge >= 0.3 is 11.9 Å². The molecule has 0 aromatic carbocycles. The zero-order valence-electron chi connectivity index (χ0n) is 14.9. The predicted molar refractivity (Wildman–Crippen MR) is 94.2 cm³/mol. The van der Waals surface area contributed by atoms with Crippen LogP contribution >= 0.6 is 0 Å². The standard InChI is InChI=1S/C19H34O5/c20-17(13-9-5-1-3-7-11-15-18(21)22)14-10-6-2-4-8-12-16-19(23)24/h1-16H2,(H,21,22)(H,23,24). The average molecular weight is 342 g/mol. The van der Waals surface area contributed by atoms with E-state index in [4.69, 9.17) is 10.2 Å². The van der Waals surface area contributed by atoms with Crippen LogP contribution in [0.2, 0.25) is 0 Å². The van der Waals surface area contributed by atoms with E-state index in [9.17, 15) is 14.4 Å². The molecule has 0 saturated heterocycles. The highest BCUT2D eigenvalue weighted by atomic mass is 16.4. The molecular formula is C19H34O5. The molecule has 0 amide bonds. The van der Waals surface area contributed by atoms with E-state index >= 15 is 0 Å². The van der Waals surface area contributed by atoms with Gasteiger partial charge in [0.15, 0.2) is 0 Å². The molecule has 0 heterocycles. The van der Waals surface area contributed by atoms with Crippen molar-refractivity contribution >= 4 is 17.7 Å². The minimum absolute atomic E-state index is 0.262. The zero-order valence-corrected chi connectivity index (χ0v) is 14.9. The molecule has 0 aliphatic heterocycles. The van der Waals surface area contributed by atoms with Crippen LogP contribution in [-0.2, 0) is 14.4 Å². The Bertz CT molecular complexity index is 320. The Morgan fingerprint density at radius 1 is 0.417 bits per heavy atom. The second kappa shape index (κ2) is 16.5. The topological polar surface area (TPSA) is 91.7 Å². The summed E-state index contributed by atoms with van der Waals surface area (Å²) in [5.74, 6) is -1.09. The van der Waals surface area contributed by atoms with Gasteiger partial charge < -0.3 is 10.2 Å². The molecule has 0 aliphatic carbocycles. The smallest absolute Gasteiger partial charge is 0.303 e. The molecule has 0 bridgehead atoms. The van der Waals surface area contributed by atoms with Crippen molar-refractivity contribution in [1.82, 2.24) is 0 Å². The largest absolute Gasteiger partial charge is 0.481 e. The van der Waals surface area contributed by atoms with E-state index in [1.54, 1.807) is 0 Å². The molecule has 0 aliphatic rings. The number of ketones is 1. The molecule has 0 saturated carbocycles. The van der Waals surface area contributed by atoms with Gasteiger partial charge in [0.1, 0.15) is 5.78 Å². The molecule has 0 spiro atoms. The lowest BCUT2D eigenvalue weighted by Crippen LogP contribution is -1.98. The summed E-state index contributed by atoms with van der Waals surface area (Å²) in [4.78, 5) is 32.4. The van der Waals surface area contributed by atoms with Crippen LogP contribution in [0, 0.1) is 0 Å². The van der Waals surface area contributed by atoms with Gasteiger partial charge in [0, 0.05) is 25.7 Å². The zero-order chi connectivity index (χ0) is 18.0. The molecule has 0 atom stereocenters. The summed E-state index contributed by atoms with van der Waals surface area (Å²) in [7, 11) is 0. The molecule has 0 unspecified atom stereocenters. The lowest BCUT2D eigenvalue weighted by Gasteiger charge is -2.03. The van der Waals surface area contributed by atoms with E-state index in [1.165, 1.54) is 0 Å². The maximum atomic E-state index is 11.7. The van der Waals surface area contributed by atoms with Gasteiger partial charge in [-0.2, -0.15) is 0 Å². The van der Waals surface area contributed by atoms with E-state index in [2.05, 4.69) is 0 Å². The van der Waals surface area contributed by atoms with Crippen molar-refractivity contribution in [2.75, 3.05) is 0 Å². The van der Waals surface area contributed by atoms with Crippen molar-refractivity contribution in [2.45, 2.75) is 103 Å². The Morgan fingerprint density at radius 2 is 0.667 bits per heavy atom. The lowest BCUT2D eigenvalue weighted by atomic mass is 10.0. The third-order valence-electron chi connectivity index (χ3n) is 4.19. The number of hydrogen-bond acceptors (Lipinski definition) is 3. The van der Waals surface area contributed by atoms with Crippen LogP contribution in [0.25, 0.3) is 0 Å². The van der Waals surface area contributed by atoms with Gasteiger partial charge in [-0.25, -0.2) is 0 Å². The molecule has 0 aromatic rings. The quantitative estimate of drug-likeness (QED) is 0.343. The number of carboxylic acids is 2. The molecule has 2 N–H and O–H groups in total. The Morgan fingerprint density at radius 3 is 0.958 bits per heavy atom. The maximum Gasteiger partial charge on any atom is 0.303 e. The van der Waals surface area contributed by atoms with Crippen LogP contribution in [0.3, 0.4) is 0 Å².